The van der Waals surface area contributed by atoms with E-state index in [0.717, 1.165) is 18.4 Å². The highest BCUT2D eigenvalue weighted by atomic mass is 16.2. The smallest absolute Gasteiger partial charge is 0.245 e. The number of pyridine rings is 1. The normalized spacial score (nSPS) is 25.7. The van der Waals surface area contributed by atoms with Crippen LogP contribution in [0.25, 0.3) is 0 Å². The van der Waals surface area contributed by atoms with E-state index in [1.54, 1.807) is 17.3 Å². The minimum atomic E-state index is -0.741. The fourth-order valence-electron chi connectivity index (χ4n) is 3.48. The number of hydrogen-bond donors (Lipinski definition) is 1. The van der Waals surface area contributed by atoms with Crippen LogP contribution < -0.4 is 5.32 Å². The Bertz CT molecular complexity index is 554. The maximum absolute atomic E-state index is 12.7. The summed E-state index contributed by atoms with van der Waals surface area (Å²) in [4.78, 5) is 30.8. The molecule has 1 aromatic rings. The van der Waals surface area contributed by atoms with Crippen molar-refractivity contribution in [3.8, 4) is 0 Å². The number of hydrogen-bond acceptors (Lipinski definition) is 3. The van der Waals surface area contributed by atoms with Crippen molar-refractivity contribution >= 4 is 11.8 Å². The first kappa shape index (κ1) is 15.0. The Morgan fingerprint density at radius 1 is 1.45 bits per heavy atom. The van der Waals surface area contributed by atoms with Crippen molar-refractivity contribution in [2.24, 2.45) is 0 Å². The predicted octanol–water partition coefficient (Wildman–Crippen LogP) is 2.02. The van der Waals surface area contributed by atoms with Crippen LogP contribution in [-0.2, 0) is 16.1 Å². The van der Waals surface area contributed by atoms with E-state index in [0.29, 0.717) is 19.4 Å². The Hall–Kier alpha value is -1.91. The third kappa shape index (κ3) is 2.85. The van der Waals surface area contributed by atoms with Gasteiger partial charge < -0.3 is 10.2 Å². The van der Waals surface area contributed by atoms with Gasteiger partial charge in [0.05, 0.1) is 0 Å². The molecule has 118 valence electrons. The molecule has 1 aliphatic heterocycles. The number of nitrogens with one attached hydrogen (secondary N) is 1. The first-order chi connectivity index (χ1) is 10.6. The molecule has 1 N–H and O–H groups in total. The van der Waals surface area contributed by atoms with Gasteiger partial charge in [0.1, 0.15) is 5.54 Å². The van der Waals surface area contributed by atoms with Crippen molar-refractivity contribution < 1.29 is 9.59 Å². The largest absolute Gasteiger partial charge is 0.351 e. The molecule has 1 atom stereocenters. The fraction of sp³-hybridized carbons (Fsp3) is 0.588. The zero-order chi connectivity index (χ0) is 15.6. The second-order valence-corrected chi connectivity index (χ2v) is 6.57. The summed E-state index contributed by atoms with van der Waals surface area (Å²) in [5.74, 6) is 0.0436. The lowest BCUT2D eigenvalue weighted by Gasteiger charge is -2.35. The van der Waals surface area contributed by atoms with Crippen molar-refractivity contribution in [2.45, 2.75) is 63.6 Å². The monoisotopic (exact) mass is 301 g/mol. The summed E-state index contributed by atoms with van der Waals surface area (Å²) < 4.78 is 0. The zero-order valence-electron chi connectivity index (χ0n) is 13.0. The van der Waals surface area contributed by atoms with Crippen LogP contribution in [0.1, 0.15) is 51.0 Å². The Morgan fingerprint density at radius 3 is 2.91 bits per heavy atom. The van der Waals surface area contributed by atoms with Gasteiger partial charge in [0, 0.05) is 31.4 Å². The van der Waals surface area contributed by atoms with Crippen molar-refractivity contribution in [3.63, 3.8) is 0 Å². The van der Waals surface area contributed by atoms with Gasteiger partial charge in [-0.05, 0) is 37.8 Å². The van der Waals surface area contributed by atoms with Crippen LogP contribution in [-0.4, -0.2) is 33.3 Å². The fourth-order valence-corrected chi connectivity index (χ4v) is 3.48. The third-order valence-electron chi connectivity index (χ3n) is 4.97. The molecule has 1 aliphatic carbocycles. The Kier molecular flexibility index (Phi) is 4.14. The lowest BCUT2D eigenvalue weighted by atomic mass is 9.96. The molecule has 3 rings (SSSR count). The number of carbonyl (C=O) groups is 2. The minimum absolute atomic E-state index is 0.00543. The van der Waals surface area contributed by atoms with Gasteiger partial charge >= 0.3 is 0 Å². The van der Waals surface area contributed by atoms with Gasteiger partial charge in [-0.2, -0.15) is 0 Å². The summed E-state index contributed by atoms with van der Waals surface area (Å²) in [6.45, 7) is 2.33. The third-order valence-corrected chi connectivity index (χ3v) is 4.97. The average molecular weight is 301 g/mol. The van der Waals surface area contributed by atoms with Crippen LogP contribution in [0.3, 0.4) is 0 Å². The molecule has 5 nitrogen and oxygen atoms in total. The van der Waals surface area contributed by atoms with E-state index in [1.165, 1.54) is 12.8 Å². The average Bonchev–Trinajstić information content (AvgIpc) is 3.12. The van der Waals surface area contributed by atoms with Gasteiger partial charge in [0.25, 0.3) is 0 Å². The van der Waals surface area contributed by atoms with Crippen molar-refractivity contribution in [1.29, 1.82) is 0 Å². The molecule has 0 radical (unpaired) electrons. The van der Waals surface area contributed by atoms with Crippen LogP contribution in [0.15, 0.2) is 24.5 Å². The Balaban J connectivity index is 1.74. The summed E-state index contributed by atoms with van der Waals surface area (Å²) in [5, 5.41) is 3.15. The van der Waals surface area contributed by atoms with Gasteiger partial charge in [0.2, 0.25) is 11.8 Å². The lowest BCUT2D eigenvalue weighted by Crippen LogP contribution is -2.55. The molecule has 0 unspecified atom stereocenters. The van der Waals surface area contributed by atoms with E-state index in [9.17, 15) is 9.59 Å². The highest BCUT2D eigenvalue weighted by Crippen LogP contribution is 2.32. The molecule has 22 heavy (non-hydrogen) atoms. The maximum Gasteiger partial charge on any atom is 0.245 e. The van der Waals surface area contributed by atoms with Gasteiger partial charge in [-0.1, -0.05) is 18.9 Å². The SMILES string of the molecule is C[C@@]1(C(=O)NC2CCCC2)CCC(=O)N1Cc1cccnc1. The molecule has 5 heteroatoms. The minimum Gasteiger partial charge on any atom is -0.351 e. The van der Waals surface area contributed by atoms with Crippen molar-refractivity contribution in [1.82, 2.24) is 15.2 Å². The topological polar surface area (TPSA) is 62.3 Å². The molecule has 2 amide bonds. The molecular weight excluding hydrogens is 278 g/mol. The molecular formula is C17H23N3O2. The maximum atomic E-state index is 12.7. The van der Waals surface area contributed by atoms with Crippen molar-refractivity contribution in [2.75, 3.05) is 0 Å². The quantitative estimate of drug-likeness (QED) is 0.925. The number of amides is 2. The molecule has 2 aliphatic rings. The number of nitrogens with zero attached hydrogens (tertiary/aromatic N) is 2. The Labute approximate surface area is 131 Å². The molecule has 1 aromatic heterocycles. The van der Waals surface area contributed by atoms with Crippen LogP contribution >= 0.6 is 0 Å². The highest BCUT2D eigenvalue weighted by Gasteiger charge is 2.47. The summed E-state index contributed by atoms with van der Waals surface area (Å²) in [6.07, 6.45) is 8.96. The molecule has 0 aromatic carbocycles. The van der Waals surface area contributed by atoms with E-state index >= 15 is 0 Å². The van der Waals surface area contributed by atoms with Crippen LogP contribution in [0, 0.1) is 0 Å². The van der Waals surface area contributed by atoms with E-state index in [2.05, 4.69) is 10.3 Å². The summed E-state index contributed by atoms with van der Waals surface area (Å²) in [7, 11) is 0. The molecule has 0 spiro atoms. The van der Waals surface area contributed by atoms with E-state index in [-0.39, 0.29) is 17.9 Å². The molecule has 2 heterocycles. The second kappa shape index (κ2) is 6.07. The number of carbonyl (C=O) groups excluding carboxylic acids is 2. The lowest BCUT2D eigenvalue weighted by molar-refractivity contribution is -0.141. The highest BCUT2D eigenvalue weighted by molar-refractivity contribution is 5.94. The van der Waals surface area contributed by atoms with E-state index in [1.807, 2.05) is 19.1 Å². The second-order valence-electron chi connectivity index (χ2n) is 6.57. The van der Waals surface area contributed by atoms with Crippen LogP contribution in [0.4, 0.5) is 0 Å². The molecule has 0 bridgehead atoms. The standard InChI is InChI=1S/C17H23N3O2/c1-17(16(22)19-14-6-2-3-7-14)9-8-15(21)20(17)12-13-5-4-10-18-11-13/h4-5,10-11,14H,2-3,6-9,12H2,1H3,(H,19,22)/t17-/m0/s1. The first-order valence-corrected chi connectivity index (χ1v) is 8.10. The van der Waals surface area contributed by atoms with Gasteiger partial charge in [-0.15, -0.1) is 0 Å². The van der Waals surface area contributed by atoms with Gasteiger partial charge in [-0.3, -0.25) is 14.6 Å². The molecule has 1 saturated heterocycles. The summed E-state index contributed by atoms with van der Waals surface area (Å²) in [6, 6.07) is 4.07. The predicted molar refractivity (Wildman–Crippen MR) is 82.8 cm³/mol. The summed E-state index contributed by atoms with van der Waals surface area (Å²) in [5.41, 5.74) is 0.216. The molecule has 2 fully saturated rings. The Morgan fingerprint density at radius 2 is 2.23 bits per heavy atom. The molecule has 1 saturated carbocycles. The van der Waals surface area contributed by atoms with Crippen LogP contribution in [0.5, 0.6) is 0 Å². The number of aromatic nitrogens is 1. The summed E-state index contributed by atoms with van der Waals surface area (Å²) >= 11 is 0. The van der Waals surface area contributed by atoms with Crippen molar-refractivity contribution in [3.05, 3.63) is 30.1 Å². The number of rotatable bonds is 4. The van der Waals surface area contributed by atoms with E-state index in [4.69, 9.17) is 0 Å². The first-order valence-electron chi connectivity index (χ1n) is 8.10. The van der Waals surface area contributed by atoms with Crippen LogP contribution in [0.2, 0.25) is 0 Å². The van der Waals surface area contributed by atoms with Gasteiger partial charge in [0.15, 0.2) is 0 Å². The van der Waals surface area contributed by atoms with E-state index < -0.39 is 5.54 Å². The number of likely N-dealkylation sites (tertiary alicyclic amines) is 1. The van der Waals surface area contributed by atoms with Gasteiger partial charge in [-0.25, -0.2) is 0 Å². The zero-order valence-corrected chi connectivity index (χ0v) is 13.0.